The van der Waals surface area contributed by atoms with Gasteiger partial charge in [0.2, 0.25) is 15.9 Å². The summed E-state index contributed by atoms with van der Waals surface area (Å²) < 4.78 is 28.9. The van der Waals surface area contributed by atoms with E-state index in [-0.39, 0.29) is 22.7 Å². The van der Waals surface area contributed by atoms with Crippen LogP contribution in [0, 0.1) is 5.92 Å². The Morgan fingerprint density at radius 1 is 1.12 bits per heavy atom. The number of likely N-dealkylation sites (N-methyl/N-ethyl adjacent to an activating group) is 1. The Morgan fingerprint density at radius 2 is 1.82 bits per heavy atom. The van der Waals surface area contributed by atoms with Crippen LogP contribution in [0.15, 0.2) is 64.5 Å². The third kappa shape index (κ3) is 4.99. The Balaban J connectivity index is 1.58. The van der Waals surface area contributed by atoms with Gasteiger partial charge in [0.25, 0.3) is 5.56 Å². The van der Waals surface area contributed by atoms with Crippen LogP contribution >= 0.6 is 0 Å². The minimum Gasteiger partial charge on any atom is -0.340 e. The first kappa shape index (κ1) is 23.1. The van der Waals surface area contributed by atoms with E-state index in [1.807, 2.05) is 30.3 Å². The van der Waals surface area contributed by atoms with Gasteiger partial charge in [0.1, 0.15) is 6.54 Å². The lowest BCUT2D eigenvalue weighted by Crippen LogP contribution is -2.38. The van der Waals surface area contributed by atoms with Crippen molar-refractivity contribution in [2.75, 3.05) is 20.1 Å². The average Bonchev–Trinajstić information content (AvgIpc) is 2.81. The van der Waals surface area contributed by atoms with Gasteiger partial charge in [-0.3, -0.25) is 14.2 Å². The standard InChI is InChI=1S/C24H28N4O4S/c1-18-10-12-28(13-11-18)33(31,32)20-8-9-22-21(14-20)24(30)27(17-25-22)16-23(29)26(2)15-19-6-4-3-5-7-19/h3-9,14,17-18H,10-13,15-16H2,1-2H3. The highest BCUT2D eigenvalue weighted by atomic mass is 32.2. The number of sulfonamides is 1. The fourth-order valence-electron chi connectivity index (χ4n) is 4.00. The summed E-state index contributed by atoms with van der Waals surface area (Å²) >= 11 is 0. The molecule has 0 aliphatic carbocycles. The fraction of sp³-hybridized carbons (Fsp3) is 0.375. The summed E-state index contributed by atoms with van der Waals surface area (Å²) in [7, 11) is -2.02. The molecule has 2 heterocycles. The predicted molar refractivity (Wildman–Crippen MR) is 126 cm³/mol. The zero-order valence-corrected chi connectivity index (χ0v) is 19.7. The van der Waals surface area contributed by atoms with Gasteiger partial charge in [0.15, 0.2) is 0 Å². The summed E-state index contributed by atoms with van der Waals surface area (Å²) in [5.41, 5.74) is 0.942. The number of nitrogens with zero attached hydrogens (tertiary/aromatic N) is 4. The molecule has 0 spiro atoms. The molecule has 0 N–H and O–H groups in total. The lowest BCUT2D eigenvalue weighted by Gasteiger charge is -2.29. The molecule has 174 valence electrons. The molecule has 0 unspecified atom stereocenters. The Kier molecular flexibility index (Phi) is 6.62. The topological polar surface area (TPSA) is 92.6 Å². The van der Waals surface area contributed by atoms with Crippen molar-refractivity contribution in [3.8, 4) is 0 Å². The van der Waals surface area contributed by atoms with Crippen LogP contribution in [-0.4, -0.2) is 53.2 Å². The molecule has 4 rings (SSSR count). The molecular formula is C24H28N4O4S. The third-order valence-corrected chi connectivity index (χ3v) is 8.06. The molecule has 0 radical (unpaired) electrons. The Morgan fingerprint density at radius 3 is 2.52 bits per heavy atom. The van der Waals surface area contributed by atoms with Crippen LogP contribution < -0.4 is 5.56 Å². The molecule has 1 aromatic heterocycles. The summed E-state index contributed by atoms with van der Waals surface area (Å²) in [5.74, 6) is 0.260. The molecular weight excluding hydrogens is 440 g/mol. The van der Waals surface area contributed by atoms with Crippen LogP contribution in [0.25, 0.3) is 10.9 Å². The smallest absolute Gasteiger partial charge is 0.261 e. The molecule has 1 amide bonds. The number of aromatic nitrogens is 2. The zero-order chi connectivity index (χ0) is 23.6. The van der Waals surface area contributed by atoms with Gasteiger partial charge in [0, 0.05) is 26.7 Å². The number of amides is 1. The van der Waals surface area contributed by atoms with Crippen molar-refractivity contribution in [1.82, 2.24) is 18.8 Å². The lowest BCUT2D eigenvalue weighted by atomic mass is 10.0. The van der Waals surface area contributed by atoms with E-state index in [1.165, 1.54) is 27.3 Å². The van der Waals surface area contributed by atoms with Crippen LogP contribution in [0.3, 0.4) is 0 Å². The SMILES string of the molecule is CC1CCN(S(=O)(=O)c2ccc3ncn(CC(=O)N(C)Cc4ccccc4)c(=O)c3c2)CC1. The van der Waals surface area contributed by atoms with Crippen molar-refractivity contribution in [3.63, 3.8) is 0 Å². The number of fused-ring (bicyclic) bond motifs is 1. The monoisotopic (exact) mass is 468 g/mol. The van der Waals surface area contributed by atoms with Gasteiger partial charge in [-0.25, -0.2) is 13.4 Å². The van der Waals surface area contributed by atoms with E-state index in [1.54, 1.807) is 18.0 Å². The molecule has 1 aliphatic rings. The molecule has 0 saturated carbocycles. The van der Waals surface area contributed by atoms with E-state index in [4.69, 9.17) is 0 Å². The normalized spacial score (nSPS) is 15.6. The molecule has 1 aliphatic heterocycles. The molecule has 0 bridgehead atoms. The second kappa shape index (κ2) is 9.44. The molecule has 8 nitrogen and oxygen atoms in total. The van der Waals surface area contributed by atoms with E-state index in [0.29, 0.717) is 31.1 Å². The number of piperidine rings is 1. The Hall–Kier alpha value is -3.04. The van der Waals surface area contributed by atoms with Crippen molar-refractivity contribution in [1.29, 1.82) is 0 Å². The summed E-state index contributed by atoms with van der Waals surface area (Å²) in [6.45, 7) is 3.31. The van der Waals surface area contributed by atoms with E-state index >= 15 is 0 Å². The van der Waals surface area contributed by atoms with Gasteiger partial charge in [-0.15, -0.1) is 0 Å². The number of rotatable bonds is 6. The van der Waals surface area contributed by atoms with E-state index < -0.39 is 15.6 Å². The van der Waals surface area contributed by atoms with Crippen molar-refractivity contribution in [3.05, 3.63) is 70.8 Å². The van der Waals surface area contributed by atoms with Gasteiger partial charge in [-0.2, -0.15) is 4.31 Å². The van der Waals surface area contributed by atoms with E-state index in [0.717, 1.165) is 18.4 Å². The van der Waals surface area contributed by atoms with Gasteiger partial charge < -0.3 is 4.90 Å². The number of benzene rings is 2. The quantitative estimate of drug-likeness (QED) is 0.554. The number of carbonyl (C=O) groups is 1. The van der Waals surface area contributed by atoms with Crippen LogP contribution in [0.4, 0.5) is 0 Å². The van der Waals surface area contributed by atoms with E-state index in [2.05, 4.69) is 11.9 Å². The predicted octanol–water partition coefficient (Wildman–Crippen LogP) is 2.48. The third-order valence-electron chi connectivity index (χ3n) is 6.17. The highest BCUT2D eigenvalue weighted by Gasteiger charge is 2.28. The van der Waals surface area contributed by atoms with Crippen molar-refractivity contribution >= 4 is 26.8 Å². The lowest BCUT2D eigenvalue weighted by molar-refractivity contribution is -0.131. The first-order valence-corrected chi connectivity index (χ1v) is 12.5. The summed E-state index contributed by atoms with van der Waals surface area (Å²) in [5, 5.41) is 0.183. The highest BCUT2D eigenvalue weighted by molar-refractivity contribution is 7.89. The second-order valence-corrected chi connectivity index (χ2v) is 10.6. The van der Waals surface area contributed by atoms with Crippen LogP contribution in [0.5, 0.6) is 0 Å². The second-order valence-electron chi connectivity index (χ2n) is 8.68. The maximum absolute atomic E-state index is 13.1. The van der Waals surface area contributed by atoms with Crippen LogP contribution in [0.1, 0.15) is 25.3 Å². The Labute approximate surface area is 193 Å². The first-order valence-electron chi connectivity index (χ1n) is 11.0. The van der Waals surface area contributed by atoms with Crippen molar-refractivity contribution < 1.29 is 13.2 Å². The number of hydrogen-bond acceptors (Lipinski definition) is 5. The first-order chi connectivity index (χ1) is 15.8. The molecule has 2 aromatic carbocycles. The zero-order valence-electron chi connectivity index (χ0n) is 18.8. The fourth-order valence-corrected chi connectivity index (χ4v) is 5.49. The highest BCUT2D eigenvalue weighted by Crippen LogP contribution is 2.24. The number of carbonyl (C=O) groups excluding carboxylic acids is 1. The van der Waals surface area contributed by atoms with Gasteiger partial charge in [-0.1, -0.05) is 37.3 Å². The van der Waals surface area contributed by atoms with Crippen molar-refractivity contribution in [2.45, 2.75) is 37.8 Å². The molecule has 1 saturated heterocycles. The molecule has 0 atom stereocenters. The van der Waals surface area contributed by atoms with Crippen molar-refractivity contribution in [2.24, 2.45) is 5.92 Å². The summed E-state index contributed by atoms with van der Waals surface area (Å²) in [4.78, 5) is 31.7. The summed E-state index contributed by atoms with van der Waals surface area (Å²) in [6.07, 6.45) is 2.97. The van der Waals surface area contributed by atoms with Crippen LogP contribution in [-0.2, 0) is 27.9 Å². The minimum atomic E-state index is -3.70. The average molecular weight is 469 g/mol. The largest absolute Gasteiger partial charge is 0.340 e. The van der Waals surface area contributed by atoms with Gasteiger partial charge in [0.05, 0.1) is 22.1 Å². The molecule has 33 heavy (non-hydrogen) atoms. The Bertz CT molecular complexity index is 1310. The van der Waals surface area contributed by atoms with E-state index in [9.17, 15) is 18.0 Å². The molecule has 9 heteroatoms. The summed E-state index contributed by atoms with van der Waals surface area (Å²) in [6, 6.07) is 14.0. The molecule has 1 fully saturated rings. The number of hydrogen-bond donors (Lipinski definition) is 0. The minimum absolute atomic E-state index is 0.0775. The van der Waals surface area contributed by atoms with Crippen LogP contribution in [0.2, 0.25) is 0 Å². The molecule has 3 aromatic rings. The van der Waals surface area contributed by atoms with Gasteiger partial charge >= 0.3 is 0 Å². The maximum atomic E-state index is 13.1. The maximum Gasteiger partial charge on any atom is 0.261 e. The van der Waals surface area contributed by atoms with Gasteiger partial charge in [-0.05, 0) is 42.5 Å².